The van der Waals surface area contributed by atoms with Crippen LogP contribution in [0.5, 0.6) is 0 Å². The predicted octanol–water partition coefficient (Wildman–Crippen LogP) is 2.27. The molecule has 1 amide bonds. The van der Waals surface area contributed by atoms with Crippen LogP contribution in [0.2, 0.25) is 0 Å². The van der Waals surface area contributed by atoms with E-state index in [2.05, 4.69) is 5.32 Å². The van der Waals surface area contributed by atoms with E-state index < -0.39 is 11.7 Å². The van der Waals surface area contributed by atoms with E-state index in [0.29, 0.717) is 19.4 Å². The average molecular weight is 215 g/mol. The van der Waals surface area contributed by atoms with Gasteiger partial charge in [0.15, 0.2) is 0 Å². The molecule has 4 heteroatoms. The monoisotopic (exact) mass is 215 g/mol. The molecule has 1 N–H and O–H groups in total. The first kappa shape index (κ1) is 13.9. The summed E-state index contributed by atoms with van der Waals surface area (Å²) in [5.74, 6) is 0.175. The number of nitrogens with one attached hydrogen (secondary N) is 1. The minimum Gasteiger partial charge on any atom is -0.444 e. The van der Waals surface area contributed by atoms with Gasteiger partial charge in [-0.3, -0.25) is 4.79 Å². The van der Waals surface area contributed by atoms with Crippen molar-refractivity contribution in [2.45, 2.75) is 52.6 Å². The lowest BCUT2D eigenvalue weighted by Crippen LogP contribution is -2.33. The van der Waals surface area contributed by atoms with E-state index in [4.69, 9.17) is 4.74 Å². The van der Waals surface area contributed by atoms with Crippen molar-refractivity contribution in [2.75, 3.05) is 6.54 Å². The third kappa shape index (κ3) is 9.25. The summed E-state index contributed by atoms with van der Waals surface area (Å²) in [6.45, 7) is 7.71. The second-order valence-electron chi connectivity index (χ2n) is 4.47. The summed E-state index contributed by atoms with van der Waals surface area (Å²) in [5.41, 5.74) is -0.489. The molecule has 15 heavy (non-hydrogen) atoms. The topological polar surface area (TPSA) is 55.4 Å². The lowest BCUT2D eigenvalue weighted by Gasteiger charge is -2.19. The van der Waals surface area contributed by atoms with Gasteiger partial charge >= 0.3 is 6.09 Å². The number of ketones is 1. The van der Waals surface area contributed by atoms with Crippen LogP contribution >= 0.6 is 0 Å². The highest BCUT2D eigenvalue weighted by Gasteiger charge is 2.15. The summed E-state index contributed by atoms with van der Waals surface area (Å²) < 4.78 is 5.02. The van der Waals surface area contributed by atoms with Crippen molar-refractivity contribution in [2.24, 2.45) is 0 Å². The molecular weight excluding hydrogens is 194 g/mol. The molecule has 0 fully saturated rings. The number of alkyl carbamates (subject to hydrolysis) is 1. The van der Waals surface area contributed by atoms with Crippen LogP contribution in [0, 0.1) is 0 Å². The van der Waals surface area contributed by atoms with Gasteiger partial charge in [-0.2, -0.15) is 0 Å². The van der Waals surface area contributed by atoms with Gasteiger partial charge in [0.2, 0.25) is 0 Å². The first-order valence-electron chi connectivity index (χ1n) is 5.33. The van der Waals surface area contributed by atoms with Crippen LogP contribution < -0.4 is 5.32 Å². The van der Waals surface area contributed by atoms with Crippen LogP contribution in [0.3, 0.4) is 0 Å². The molecular formula is C11H21NO3. The molecule has 0 unspecified atom stereocenters. The van der Waals surface area contributed by atoms with Crippen LogP contribution in [0.15, 0.2) is 0 Å². The molecule has 0 atom stereocenters. The Kier molecular flexibility index (Phi) is 5.97. The molecule has 0 bridgehead atoms. The van der Waals surface area contributed by atoms with E-state index in [-0.39, 0.29) is 5.78 Å². The maximum atomic E-state index is 11.2. The van der Waals surface area contributed by atoms with E-state index in [9.17, 15) is 9.59 Å². The Labute approximate surface area is 91.4 Å². The summed E-state index contributed by atoms with van der Waals surface area (Å²) in [7, 11) is 0. The van der Waals surface area contributed by atoms with Gasteiger partial charge in [0, 0.05) is 19.4 Å². The molecule has 0 saturated heterocycles. The Hall–Kier alpha value is -1.06. The number of carbonyl (C=O) groups is 2. The maximum Gasteiger partial charge on any atom is 0.407 e. The Morgan fingerprint density at radius 1 is 1.20 bits per heavy atom. The maximum absolute atomic E-state index is 11.2. The molecule has 0 aromatic carbocycles. The van der Waals surface area contributed by atoms with E-state index in [1.54, 1.807) is 20.8 Å². The third-order valence-electron chi connectivity index (χ3n) is 1.60. The molecule has 4 nitrogen and oxygen atoms in total. The second-order valence-corrected chi connectivity index (χ2v) is 4.47. The first-order valence-corrected chi connectivity index (χ1v) is 5.33. The Balaban J connectivity index is 3.60. The minimum atomic E-state index is -0.489. The van der Waals surface area contributed by atoms with Gasteiger partial charge < -0.3 is 10.1 Å². The summed E-state index contributed by atoms with van der Waals surface area (Å²) in [4.78, 5) is 22.3. The predicted molar refractivity (Wildman–Crippen MR) is 58.8 cm³/mol. The standard InChI is InChI=1S/C11H21NO3/c1-5-6-9(13)7-8-12-10(14)15-11(2,3)4/h5-8H2,1-4H3,(H,12,14). The Bertz CT molecular complexity index is 218. The van der Waals surface area contributed by atoms with E-state index in [1.807, 2.05) is 6.92 Å². The van der Waals surface area contributed by atoms with Crippen molar-refractivity contribution in [3.8, 4) is 0 Å². The zero-order valence-electron chi connectivity index (χ0n) is 10.1. The largest absolute Gasteiger partial charge is 0.444 e. The van der Waals surface area contributed by atoms with E-state index in [0.717, 1.165) is 6.42 Å². The van der Waals surface area contributed by atoms with Crippen LogP contribution in [0.4, 0.5) is 4.79 Å². The molecule has 0 saturated carbocycles. The third-order valence-corrected chi connectivity index (χ3v) is 1.60. The van der Waals surface area contributed by atoms with Crippen molar-refractivity contribution < 1.29 is 14.3 Å². The Morgan fingerprint density at radius 3 is 2.27 bits per heavy atom. The van der Waals surface area contributed by atoms with Crippen molar-refractivity contribution >= 4 is 11.9 Å². The number of hydrogen-bond acceptors (Lipinski definition) is 3. The number of hydrogen-bond donors (Lipinski definition) is 1. The fraction of sp³-hybridized carbons (Fsp3) is 0.818. The SMILES string of the molecule is CCCC(=O)CCNC(=O)OC(C)(C)C. The highest BCUT2D eigenvalue weighted by atomic mass is 16.6. The number of carbonyl (C=O) groups excluding carboxylic acids is 2. The fourth-order valence-electron chi connectivity index (χ4n) is 1.02. The molecule has 0 heterocycles. The van der Waals surface area contributed by atoms with Crippen molar-refractivity contribution in [3.05, 3.63) is 0 Å². The Morgan fingerprint density at radius 2 is 1.80 bits per heavy atom. The van der Waals surface area contributed by atoms with Crippen LogP contribution in [0.25, 0.3) is 0 Å². The van der Waals surface area contributed by atoms with Crippen LogP contribution in [-0.2, 0) is 9.53 Å². The van der Waals surface area contributed by atoms with E-state index in [1.165, 1.54) is 0 Å². The van der Waals surface area contributed by atoms with Gasteiger partial charge in [-0.25, -0.2) is 4.79 Å². The molecule has 0 spiro atoms. The minimum absolute atomic E-state index is 0.175. The summed E-state index contributed by atoms with van der Waals surface area (Å²) in [5, 5.41) is 2.55. The first-order chi connectivity index (χ1) is 6.85. The number of rotatable bonds is 5. The highest BCUT2D eigenvalue weighted by molar-refractivity contribution is 5.79. The smallest absolute Gasteiger partial charge is 0.407 e. The van der Waals surface area contributed by atoms with Crippen LogP contribution in [-0.4, -0.2) is 24.0 Å². The summed E-state index contributed by atoms with van der Waals surface area (Å²) in [6.07, 6.45) is 1.35. The number of Topliss-reactive ketones (excluding diaryl/α,β-unsaturated/α-hetero) is 1. The van der Waals surface area contributed by atoms with Crippen LogP contribution in [0.1, 0.15) is 47.0 Å². The van der Waals surface area contributed by atoms with Gasteiger partial charge in [0.1, 0.15) is 11.4 Å². The lowest BCUT2D eigenvalue weighted by molar-refractivity contribution is -0.118. The molecule has 0 aromatic heterocycles. The van der Waals surface area contributed by atoms with Crippen molar-refractivity contribution in [3.63, 3.8) is 0 Å². The van der Waals surface area contributed by atoms with Gasteiger partial charge in [-0.15, -0.1) is 0 Å². The van der Waals surface area contributed by atoms with Gasteiger partial charge in [0.05, 0.1) is 0 Å². The van der Waals surface area contributed by atoms with Gasteiger partial charge in [0.25, 0.3) is 0 Å². The zero-order chi connectivity index (χ0) is 11.9. The fourth-order valence-corrected chi connectivity index (χ4v) is 1.02. The van der Waals surface area contributed by atoms with E-state index >= 15 is 0 Å². The lowest BCUT2D eigenvalue weighted by atomic mass is 10.2. The summed E-state index contributed by atoms with van der Waals surface area (Å²) >= 11 is 0. The quantitative estimate of drug-likeness (QED) is 0.765. The molecule has 0 aliphatic heterocycles. The summed E-state index contributed by atoms with van der Waals surface area (Å²) in [6, 6.07) is 0. The second kappa shape index (κ2) is 6.43. The molecule has 0 rings (SSSR count). The van der Waals surface area contributed by atoms with Gasteiger partial charge in [-0.1, -0.05) is 6.92 Å². The number of ether oxygens (including phenoxy) is 1. The number of amides is 1. The van der Waals surface area contributed by atoms with Gasteiger partial charge in [-0.05, 0) is 27.2 Å². The molecule has 0 aromatic rings. The molecule has 0 aliphatic rings. The van der Waals surface area contributed by atoms with Crippen molar-refractivity contribution in [1.82, 2.24) is 5.32 Å². The highest BCUT2D eigenvalue weighted by Crippen LogP contribution is 2.06. The molecule has 88 valence electrons. The average Bonchev–Trinajstić information content (AvgIpc) is 2.00. The normalized spacial score (nSPS) is 10.9. The zero-order valence-corrected chi connectivity index (χ0v) is 10.1. The molecule has 0 aliphatic carbocycles. The van der Waals surface area contributed by atoms with Crippen molar-refractivity contribution in [1.29, 1.82) is 0 Å². The molecule has 0 radical (unpaired) electrons.